The van der Waals surface area contributed by atoms with Crippen LogP contribution in [0.5, 0.6) is 0 Å². The molecule has 0 aliphatic carbocycles. The number of amides is 3. The predicted octanol–water partition coefficient (Wildman–Crippen LogP) is 1.80. The summed E-state index contributed by atoms with van der Waals surface area (Å²) in [4.78, 5) is 44.2. The highest BCUT2D eigenvalue weighted by molar-refractivity contribution is 6.01. The maximum atomic E-state index is 11.9. The van der Waals surface area contributed by atoms with E-state index >= 15 is 0 Å². The van der Waals surface area contributed by atoms with Gasteiger partial charge in [-0.1, -0.05) is 0 Å². The van der Waals surface area contributed by atoms with Gasteiger partial charge in [0.2, 0.25) is 11.9 Å². The van der Waals surface area contributed by atoms with Crippen LogP contribution in [-0.2, 0) is 19.1 Å². The summed E-state index contributed by atoms with van der Waals surface area (Å²) in [6, 6.07) is 0. The standard InChI is InChI=1S/C16H30N4O6/c1-15(2,3)25-13(22)18-12(19-14(23)26-16(4,5)6)17-10-9-11(21)20(7)24-8/h9-10H2,1-8H3,(H2,17,18,19,22,23). The minimum absolute atomic E-state index is 0.00740. The normalized spacial score (nSPS) is 11.2. The van der Waals surface area contributed by atoms with Crippen LogP contribution in [0.1, 0.15) is 48.0 Å². The number of rotatable bonds is 4. The number of carbonyl (C=O) groups is 3. The van der Waals surface area contributed by atoms with Crippen LogP contribution in [0.4, 0.5) is 9.59 Å². The van der Waals surface area contributed by atoms with Crippen molar-refractivity contribution >= 4 is 24.1 Å². The predicted molar refractivity (Wildman–Crippen MR) is 95.4 cm³/mol. The number of hydroxylamine groups is 2. The van der Waals surface area contributed by atoms with Gasteiger partial charge in [0, 0.05) is 13.5 Å². The smallest absolute Gasteiger partial charge is 0.414 e. The van der Waals surface area contributed by atoms with Gasteiger partial charge in [-0.25, -0.2) is 14.7 Å². The molecule has 0 saturated heterocycles. The molecule has 0 aromatic carbocycles. The van der Waals surface area contributed by atoms with E-state index in [4.69, 9.17) is 14.3 Å². The second-order valence-electron chi connectivity index (χ2n) is 7.31. The van der Waals surface area contributed by atoms with Crippen molar-refractivity contribution in [1.29, 1.82) is 0 Å². The van der Waals surface area contributed by atoms with Gasteiger partial charge in [-0.15, -0.1) is 0 Å². The highest BCUT2D eigenvalue weighted by Crippen LogP contribution is 2.07. The van der Waals surface area contributed by atoms with Gasteiger partial charge in [0.15, 0.2) is 0 Å². The first-order valence-electron chi connectivity index (χ1n) is 8.08. The number of guanidine groups is 1. The molecule has 3 amide bonds. The fourth-order valence-corrected chi connectivity index (χ4v) is 1.43. The summed E-state index contributed by atoms with van der Waals surface area (Å²) >= 11 is 0. The zero-order chi connectivity index (χ0) is 20.5. The number of alkyl carbamates (subject to hydrolysis) is 2. The van der Waals surface area contributed by atoms with Crippen LogP contribution in [-0.4, -0.2) is 61.0 Å². The fourth-order valence-electron chi connectivity index (χ4n) is 1.43. The maximum absolute atomic E-state index is 11.9. The molecule has 0 saturated carbocycles. The Hall–Kier alpha value is -2.36. The van der Waals surface area contributed by atoms with E-state index in [2.05, 4.69) is 15.6 Å². The van der Waals surface area contributed by atoms with Gasteiger partial charge in [0.05, 0.1) is 13.7 Å². The molecule has 0 bridgehead atoms. The van der Waals surface area contributed by atoms with E-state index in [1.54, 1.807) is 41.5 Å². The Kier molecular flexibility index (Phi) is 9.05. The van der Waals surface area contributed by atoms with Crippen molar-refractivity contribution in [3.8, 4) is 0 Å². The van der Waals surface area contributed by atoms with Gasteiger partial charge in [-0.05, 0) is 41.5 Å². The molecule has 0 spiro atoms. The monoisotopic (exact) mass is 374 g/mol. The zero-order valence-corrected chi connectivity index (χ0v) is 16.8. The summed E-state index contributed by atoms with van der Waals surface area (Å²) in [5.74, 6) is -0.494. The number of aliphatic imine (C=N–C) groups is 1. The summed E-state index contributed by atoms with van der Waals surface area (Å²) in [5, 5.41) is 5.71. The molecule has 0 aromatic heterocycles. The second kappa shape index (κ2) is 9.95. The summed E-state index contributed by atoms with van der Waals surface area (Å²) in [5.41, 5.74) is -1.45. The molecule has 10 nitrogen and oxygen atoms in total. The highest BCUT2D eigenvalue weighted by atomic mass is 16.7. The lowest BCUT2D eigenvalue weighted by molar-refractivity contribution is -0.168. The number of ether oxygens (including phenoxy) is 2. The average molecular weight is 374 g/mol. The SMILES string of the molecule is CON(C)C(=O)CCN=C(NC(=O)OC(C)(C)C)NC(=O)OC(C)(C)C. The third-order valence-corrected chi connectivity index (χ3v) is 2.46. The van der Waals surface area contributed by atoms with Gasteiger partial charge in [-0.3, -0.25) is 25.3 Å². The van der Waals surface area contributed by atoms with E-state index in [0.29, 0.717) is 0 Å². The number of hydrogen-bond donors (Lipinski definition) is 2. The van der Waals surface area contributed by atoms with Crippen LogP contribution < -0.4 is 10.6 Å². The van der Waals surface area contributed by atoms with Crippen LogP contribution in [0.25, 0.3) is 0 Å². The van der Waals surface area contributed by atoms with Crippen LogP contribution >= 0.6 is 0 Å². The first-order valence-corrected chi connectivity index (χ1v) is 8.08. The third kappa shape index (κ3) is 12.1. The number of nitrogens with zero attached hydrogens (tertiary/aromatic N) is 2. The summed E-state index contributed by atoms with van der Waals surface area (Å²) in [6.45, 7) is 10.2. The van der Waals surface area contributed by atoms with E-state index in [9.17, 15) is 14.4 Å². The molecule has 10 heteroatoms. The highest BCUT2D eigenvalue weighted by Gasteiger charge is 2.21. The molecular formula is C16H30N4O6. The van der Waals surface area contributed by atoms with Crippen molar-refractivity contribution in [1.82, 2.24) is 15.7 Å². The van der Waals surface area contributed by atoms with Gasteiger partial charge in [-0.2, -0.15) is 0 Å². The van der Waals surface area contributed by atoms with Crippen LogP contribution in [0.15, 0.2) is 4.99 Å². The second-order valence-corrected chi connectivity index (χ2v) is 7.31. The van der Waals surface area contributed by atoms with Crippen molar-refractivity contribution in [2.24, 2.45) is 4.99 Å². The van der Waals surface area contributed by atoms with Crippen molar-refractivity contribution < 1.29 is 28.7 Å². The molecule has 0 heterocycles. The average Bonchev–Trinajstić information content (AvgIpc) is 2.41. The third-order valence-electron chi connectivity index (χ3n) is 2.46. The summed E-state index contributed by atoms with van der Waals surface area (Å²) in [7, 11) is 2.82. The van der Waals surface area contributed by atoms with Crippen LogP contribution in [0.2, 0.25) is 0 Å². The van der Waals surface area contributed by atoms with E-state index in [-0.39, 0.29) is 24.8 Å². The lowest BCUT2D eigenvalue weighted by Gasteiger charge is -2.22. The lowest BCUT2D eigenvalue weighted by Crippen LogP contribution is -2.47. The molecule has 0 rings (SSSR count). The largest absolute Gasteiger partial charge is 0.444 e. The van der Waals surface area contributed by atoms with E-state index in [0.717, 1.165) is 5.06 Å². The molecular weight excluding hydrogens is 344 g/mol. The molecule has 0 radical (unpaired) electrons. The number of carbonyl (C=O) groups excluding carboxylic acids is 3. The molecule has 0 aliphatic heterocycles. The van der Waals surface area contributed by atoms with Crippen LogP contribution in [0, 0.1) is 0 Å². The molecule has 150 valence electrons. The topological polar surface area (TPSA) is 119 Å². The molecule has 0 atom stereocenters. The maximum Gasteiger partial charge on any atom is 0.414 e. The fraction of sp³-hybridized carbons (Fsp3) is 0.750. The van der Waals surface area contributed by atoms with Crippen molar-refractivity contribution in [3.05, 3.63) is 0 Å². The molecule has 2 N–H and O–H groups in total. The molecule has 0 aromatic rings. The van der Waals surface area contributed by atoms with Crippen LogP contribution in [0.3, 0.4) is 0 Å². The van der Waals surface area contributed by atoms with Gasteiger partial charge >= 0.3 is 12.2 Å². The van der Waals surface area contributed by atoms with E-state index in [1.165, 1.54) is 14.2 Å². The first kappa shape index (κ1) is 23.6. The van der Waals surface area contributed by atoms with E-state index < -0.39 is 23.4 Å². The Morgan fingerprint density at radius 2 is 1.35 bits per heavy atom. The molecule has 26 heavy (non-hydrogen) atoms. The minimum atomic E-state index is -0.798. The Balaban J connectivity index is 4.97. The number of nitrogens with one attached hydrogen (secondary N) is 2. The quantitative estimate of drug-likeness (QED) is 0.440. The van der Waals surface area contributed by atoms with Gasteiger partial charge in [0.1, 0.15) is 11.2 Å². The van der Waals surface area contributed by atoms with Crippen molar-refractivity contribution in [3.63, 3.8) is 0 Å². The molecule has 0 aliphatic rings. The molecule has 0 fully saturated rings. The van der Waals surface area contributed by atoms with E-state index in [1.807, 2.05) is 0 Å². The first-order chi connectivity index (χ1) is 11.7. The molecule has 0 unspecified atom stereocenters. The number of hydrogen-bond acceptors (Lipinski definition) is 7. The van der Waals surface area contributed by atoms with Gasteiger partial charge in [0.25, 0.3) is 0 Å². The Labute approximate surface area is 154 Å². The van der Waals surface area contributed by atoms with Gasteiger partial charge < -0.3 is 9.47 Å². The summed E-state index contributed by atoms with van der Waals surface area (Å²) < 4.78 is 10.2. The Bertz CT molecular complexity index is 502. The summed E-state index contributed by atoms with van der Waals surface area (Å²) in [6.07, 6.45) is -1.58. The zero-order valence-electron chi connectivity index (χ0n) is 16.8. The lowest BCUT2D eigenvalue weighted by atomic mass is 10.2. The minimum Gasteiger partial charge on any atom is -0.444 e. The Morgan fingerprint density at radius 1 is 0.923 bits per heavy atom. The van der Waals surface area contributed by atoms with Crippen molar-refractivity contribution in [2.45, 2.75) is 59.2 Å². The Morgan fingerprint density at radius 3 is 1.69 bits per heavy atom. The van der Waals surface area contributed by atoms with Crippen molar-refractivity contribution in [2.75, 3.05) is 20.7 Å².